The second-order valence-electron chi connectivity index (χ2n) is 8.09. The van der Waals surface area contributed by atoms with Crippen LogP contribution in [-0.4, -0.2) is 48.7 Å². The summed E-state index contributed by atoms with van der Waals surface area (Å²) in [4.78, 5) is 25.7. The van der Waals surface area contributed by atoms with Gasteiger partial charge in [0.05, 0.1) is 0 Å². The molecule has 1 saturated heterocycles. The smallest absolute Gasteiger partial charge is 0.308 e. The van der Waals surface area contributed by atoms with Crippen molar-refractivity contribution in [3.8, 4) is 11.5 Å². The number of piperidine rings is 1. The van der Waals surface area contributed by atoms with Crippen LogP contribution < -0.4 is 9.47 Å². The first-order valence-corrected chi connectivity index (χ1v) is 9.49. The van der Waals surface area contributed by atoms with Gasteiger partial charge in [-0.15, -0.1) is 0 Å². The fourth-order valence-corrected chi connectivity index (χ4v) is 5.74. The topological polar surface area (TPSA) is 65.1 Å². The molecule has 1 spiro atoms. The molecule has 0 amide bonds. The Kier molecular flexibility index (Phi) is 4.60. The van der Waals surface area contributed by atoms with Crippen LogP contribution in [0.15, 0.2) is 24.3 Å². The molecule has 7 heteroatoms. The molecule has 1 aromatic rings. The van der Waals surface area contributed by atoms with Gasteiger partial charge in [0.25, 0.3) is 0 Å². The van der Waals surface area contributed by atoms with E-state index in [0.29, 0.717) is 17.5 Å². The van der Waals surface area contributed by atoms with Crippen LogP contribution in [0.1, 0.15) is 31.4 Å². The summed E-state index contributed by atoms with van der Waals surface area (Å²) in [5.41, 5.74) is 2.15. The molecular weight excluding hydrogens is 402 g/mol. The summed E-state index contributed by atoms with van der Waals surface area (Å²) in [5.74, 6) is 0.712. The van der Waals surface area contributed by atoms with Gasteiger partial charge in [-0.3, -0.25) is 9.59 Å². The van der Waals surface area contributed by atoms with E-state index in [-0.39, 0.29) is 46.4 Å². The molecule has 5 rings (SSSR count). The number of hydrogen-bond acceptors (Lipinski definition) is 6. The molecule has 0 unspecified atom stereocenters. The van der Waals surface area contributed by atoms with Crippen molar-refractivity contribution in [3.63, 3.8) is 0 Å². The van der Waals surface area contributed by atoms with E-state index in [4.69, 9.17) is 14.2 Å². The Balaban J connectivity index is 0.00000192. The maximum absolute atomic E-state index is 11.7. The zero-order chi connectivity index (χ0) is 18.9. The van der Waals surface area contributed by atoms with Crippen molar-refractivity contribution in [2.75, 3.05) is 13.6 Å². The summed E-state index contributed by atoms with van der Waals surface area (Å²) in [6.07, 6.45) is 5.31. The maximum atomic E-state index is 11.7. The van der Waals surface area contributed by atoms with Gasteiger partial charge in [0.1, 0.15) is 6.10 Å². The van der Waals surface area contributed by atoms with Gasteiger partial charge in [-0.05, 0) is 44.1 Å². The normalized spacial score (nSPS) is 34.0. The van der Waals surface area contributed by atoms with E-state index in [9.17, 15) is 9.59 Å². The molecule has 2 bridgehead atoms. The van der Waals surface area contributed by atoms with Crippen molar-refractivity contribution in [3.05, 3.63) is 35.4 Å². The van der Waals surface area contributed by atoms with Crippen molar-refractivity contribution in [2.45, 2.75) is 50.4 Å². The summed E-state index contributed by atoms with van der Waals surface area (Å²) < 4.78 is 17.5. The number of likely N-dealkylation sites (N-methyl/N-ethyl adjacent to an activating group) is 1. The summed E-state index contributed by atoms with van der Waals surface area (Å²) in [5, 5.41) is 0. The number of benzene rings is 1. The summed E-state index contributed by atoms with van der Waals surface area (Å²) >= 11 is 0. The molecule has 1 fully saturated rings. The van der Waals surface area contributed by atoms with Gasteiger partial charge in [-0.25, -0.2) is 0 Å². The van der Waals surface area contributed by atoms with Crippen LogP contribution in [0.2, 0.25) is 0 Å². The van der Waals surface area contributed by atoms with E-state index in [2.05, 4.69) is 24.1 Å². The summed E-state index contributed by atoms with van der Waals surface area (Å²) in [6, 6.07) is 4.28. The monoisotopic (exact) mass is 425 g/mol. The van der Waals surface area contributed by atoms with Crippen LogP contribution in [0.4, 0.5) is 0 Å². The van der Waals surface area contributed by atoms with Gasteiger partial charge >= 0.3 is 11.9 Å². The Morgan fingerprint density at radius 3 is 2.71 bits per heavy atom. The maximum Gasteiger partial charge on any atom is 0.308 e. The van der Waals surface area contributed by atoms with Gasteiger partial charge in [0.2, 0.25) is 0 Å². The van der Waals surface area contributed by atoms with E-state index in [1.54, 1.807) is 0 Å². The van der Waals surface area contributed by atoms with Crippen molar-refractivity contribution >= 4 is 11.9 Å². The van der Waals surface area contributed by atoms with E-state index >= 15 is 0 Å². The van der Waals surface area contributed by atoms with Crippen LogP contribution in [-0.2, 0) is 43.2 Å². The minimum atomic E-state index is -0.439. The van der Waals surface area contributed by atoms with Gasteiger partial charge in [0.15, 0.2) is 17.6 Å². The number of hydrogen-bond donors (Lipinski definition) is 0. The van der Waals surface area contributed by atoms with Crippen molar-refractivity contribution in [1.82, 2.24) is 4.90 Å². The van der Waals surface area contributed by atoms with Gasteiger partial charge < -0.3 is 19.1 Å². The molecule has 2 aliphatic carbocycles. The number of nitrogens with zero attached hydrogens (tertiary/aromatic N) is 1. The van der Waals surface area contributed by atoms with Crippen molar-refractivity contribution in [1.29, 1.82) is 0 Å². The number of ether oxygens (including phenoxy) is 3. The third-order valence-electron chi connectivity index (χ3n) is 6.67. The molecule has 28 heavy (non-hydrogen) atoms. The second-order valence-corrected chi connectivity index (χ2v) is 8.09. The standard InChI is InChI=1S/C21H23NO5.Fe/c1-11(23)25-16-6-4-13-10-15-14-5-7-17(26-12(2)24)20-21(14,8-9-22(15)3)18(13)19(16)27-20;/h4-7,14-15,17,20H,8-10H2,1-3H3;/t14-,15+,17-,20-,21-;/m0./s1. The van der Waals surface area contributed by atoms with Gasteiger partial charge in [-0.2, -0.15) is 0 Å². The van der Waals surface area contributed by atoms with Crippen LogP contribution in [0, 0.1) is 5.92 Å². The summed E-state index contributed by atoms with van der Waals surface area (Å²) in [7, 11) is 2.17. The van der Waals surface area contributed by atoms with Crippen molar-refractivity contribution in [2.24, 2.45) is 5.92 Å². The van der Waals surface area contributed by atoms with E-state index < -0.39 is 6.10 Å². The number of likely N-dealkylation sites (tertiary alicyclic amines) is 1. The van der Waals surface area contributed by atoms with Crippen LogP contribution in [0.25, 0.3) is 0 Å². The first-order chi connectivity index (χ1) is 12.9. The molecule has 4 aliphatic rings. The first kappa shape index (κ1) is 19.5. The quantitative estimate of drug-likeness (QED) is 0.313. The third-order valence-corrected chi connectivity index (χ3v) is 6.67. The summed E-state index contributed by atoms with van der Waals surface area (Å²) in [6.45, 7) is 3.77. The minimum Gasteiger partial charge on any atom is -0.481 e. The second kappa shape index (κ2) is 6.61. The molecule has 2 heterocycles. The van der Waals surface area contributed by atoms with Gasteiger partial charge in [-0.1, -0.05) is 12.1 Å². The number of carbonyl (C=O) groups is 2. The molecule has 0 saturated carbocycles. The number of carbonyl (C=O) groups excluding carboxylic acids is 2. The van der Waals surface area contributed by atoms with Crippen LogP contribution in [0.3, 0.4) is 0 Å². The first-order valence-electron chi connectivity index (χ1n) is 9.49. The van der Waals surface area contributed by atoms with E-state index in [0.717, 1.165) is 24.9 Å². The Bertz CT molecular complexity index is 884. The average molecular weight is 425 g/mol. The largest absolute Gasteiger partial charge is 0.481 e. The Hall–Kier alpha value is -1.82. The predicted molar refractivity (Wildman–Crippen MR) is 96.8 cm³/mol. The zero-order valence-corrected chi connectivity index (χ0v) is 17.2. The molecule has 0 aromatic heterocycles. The average Bonchev–Trinajstić information content (AvgIpc) is 2.95. The molecular formula is C21H23FeNO5. The predicted octanol–water partition coefficient (Wildman–Crippen LogP) is 1.99. The zero-order valence-electron chi connectivity index (χ0n) is 16.1. The fraction of sp³-hybridized carbons (Fsp3) is 0.524. The minimum absolute atomic E-state index is 0. The van der Waals surface area contributed by atoms with Gasteiger partial charge in [0, 0.05) is 53.9 Å². The number of esters is 2. The van der Waals surface area contributed by atoms with E-state index in [1.807, 2.05) is 12.1 Å². The molecule has 150 valence electrons. The third kappa shape index (κ3) is 2.49. The Morgan fingerprint density at radius 2 is 2.00 bits per heavy atom. The van der Waals surface area contributed by atoms with E-state index in [1.165, 1.54) is 19.4 Å². The fourth-order valence-electron chi connectivity index (χ4n) is 5.74. The molecule has 0 N–H and O–H groups in total. The SMILES string of the molecule is CC(=O)Oc1ccc2c3c1O[C@H]1[C@@H](OC(C)=O)C=C[C@H]4[C@@H](C2)N(C)CC[C@@]341.[Fe]. The van der Waals surface area contributed by atoms with Crippen molar-refractivity contribution < 1.29 is 40.9 Å². The molecule has 1 aromatic carbocycles. The number of rotatable bonds is 2. The molecule has 6 nitrogen and oxygen atoms in total. The molecule has 5 atom stereocenters. The van der Waals surface area contributed by atoms with Crippen LogP contribution >= 0.6 is 0 Å². The van der Waals surface area contributed by atoms with Crippen LogP contribution in [0.5, 0.6) is 11.5 Å². The molecule has 0 radical (unpaired) electrons. The Labute approximate surface area is 174 Å². The Morgan fingerprint density at radius 1 is 1.21 bits per heavy atom. The molecule has 2 aliphatic heterocycles.